The van der Waals surface area contributed by atoms with Gasteiger partial charge in [-0.3, -0.25) is 0 Å². The molecule has 11 heteroatoms. The highest BCUT2D eigenvalue weighted by molar-refractivity contribution is 7.99. The molecule has 1 aromatic carbocycles. The Balaban J connectivity index is 1.41. The number of anilines is 2. The van der Waals surface area contributed by atoms with Gasteiger partial charge in [0.05, 0.1) is 19.8 Å². The van der Waals surface area contributed by atoms with Crippen LogP contribution in [0.1, 0.15) is 6.92 Å². The standard InChI is InChI=1S/C19H24N8O2S/c1-2-20-16-22-17(26-8-10-28-11-9-26)24-18(23-16)27-14-21-19(25-27)30-13-12-29-15-6-4-3-5-7-15/h3-7,14H,2,8-13H2,1H3,(H,20,22,23,24). The molecule has 1 N–H and O–H groups in total. The second-order valence-corrected chi connectivity index (χ2v) is 7.43. The van der Waals surface area contributed by atoms with E-state index in [1.54, 1.807) is 11.0 Å². The molecule has 10 nitrogen and oxygen atoms in total. The molecule has 0 unspecified atom stereocenters. The molecule has 4 rings (SSSR count). The Hall–Kier alpha value is -2.92. The Bertz CT molecular complexity index is 933. The summed E-state index contributed by atoms with van der Waals surface area (Å²) in [6, 6.07) is 9.74. The normalized spacial score (nSPS) is 14.0. The molecule has 1 fully saturated rings. The van der Waals surface area contributed by atoms with Crippen LogP contribution in [0.25, 0.3) is 5.95 Å². The molecule has 1 saturated heterocycles. The molecular formula is C19H24N8O2S. The zero-order valence-electron chi connectivity index (χ0n) is 16.8. The van der Waals surface area contributed by atoms with Crippen molar-refractivity contribution in [2.45, 2.75) is 12.1 Å². The van der Waals surface area contributed by atoms with Crippen molar-refractivity contribution in [3.63, 3.8) is 0 Å². The summed E-state index contributed by atoms with van der Waals surface area (Å²) in [5.74, 6) is 3.15. The molecule has 0 radical (unpaired) electrons. The number of rotatable bonds is 9. The Morgan fingerprint density at radius 2 is 1.90 bits per heavy atom. The Kier molecular flexibility index (Phi) is 6.93. The maximum absolute atomic E-state index is 5.70. The van der Waals surface area contributed by atoms with Crippen molar-refractivity contribution in [3.8, 4) is 11.7 Å². The van der Waals surface area contributed by atoms with Crippen LogP contribution in [0.3, 0.4) is 0 Å². The predicted molar refractivity (Wildman–Crippen MR) is 115 cm³/mol. The SMILES string of the molecule is CCNc1nc(N2CCOCC2)nc(-n2cnc(SCCOc3ccccc3)n2)n1. The zero-order valence-corrected chi connectivity index (χ0v) is 17.6. The molecule has 158 valence electrons. The maximum Gasteiger partial charge on any atom is 0.258 e. The number of para-hydroxylation sites is 1. The van der Waals surface area contributed by atoms with Gasteiger partial charge in [0, 0.05) is 25.4 Å². The highest BCUT2D eigenvalue weighted by Gasteiger charge is 2.18. The van der Waals surface area contributed by atoms with Gasteiger partial charge in [0.2, 0.25) is 17.1 Å². The molecule has 0 aliphatic carbocycles. The first-order chi connectivity index (χ1) is 14.8. The predicted octanol–water partition coefficient (Wildman–Crippen LogP) is 1.89. The minimum Gasteiger partial charge on any atom is -0.493 e. The highest BCUT2D eigenvalue weighted by Crippen LogP contribution is 2.17. The number of nitrogens with zero attached hydrogens (tertiary/aromatic N) is 7. The van der Waals surface area contributed by atoms with E-state index in [1.165, 1.54) is 11.8 Å². The van der Waals surface area contributed by atoms with Gasteiger partial charge in [-0.05, 0) is 19.1 Å². The zero-order chi connectivity index (χ0) is 20.6. The Labute approximate surface area is 179 Å². The van der Waals surface area contributed by atoms with Gasteiger partial charge in [-0.2, -0.15) is 19.6 Å². The topological polar surface area (TPSA) is 103 Å². The monoisotopic (exact) mass is 428 g/mol. The molecular weight excluding hydrogens is 404 g/mol. The third kappa shape index (κ3) is 5.36. The van der Waals surface area contributed by atoms with Crippen molar-refractivity contribution in [3.05, 3.63) is 36.7 Å². The lowest BCUT2D eigenvalue weighted by Crippen LogP contribution is -2.37. The van der Waals surface area contributed by atoms with E-state index in [0.29, 0.717) is 49.4 Å². The lowest BCUT2D eigenvalue weighted by molar-refractivity contribution is 0.122. The number of ether oxygens (including phenoxy) is 2. The molecule has 3 heterocycles. The molecule has 0 saturated carbocycles. The van der Waals surface area contributed by atoms with E-state index in [0.717, 1.165) is 24.6 Å². The highest BCUT2D eigenvalue weighted by atomic mass is 32.2. The van der Waals surface area contributed by atoms with E-state index < -0.39 is 0 Å². The van der Waals surface area contributed by atoms with Crippen molar-refractivity contribution in [1.29, 1.82) is 0 Å². The first-order valence-electron chi connectivity index (χ1n) is 9.87. The molecule has 0 bridgehead atoms. The van der Waals surface area contributed by atoms with Gasteiger partial charge >= 0.3 is 0 Å². The van der Waals surface area contributed by atoms with Crippen molar-refractivity contribution < 1.29 is 9.47 Å². The summed E-state index contributed by atoms with van der Waals surface area (Å²) in [7, 11) is 0. The molecule has 0 spiro atoms. The molecule has 1 aliphatic rings. The van der Waals surface area contributed by atoms with E-state index in [-0.39, 0.29) is 0 Å². The van der Waals surface area contributed by atoms with Crippen molar-refractivity contribution in [2.75, 3.05) is 55.4 Å². The van der Waals surface area contributed by atoms with Crippen LogP contribution in [0.4, 0.5) is 11.9 Å². The van der Waals surface area contributed by atoms with E-state index in [2.05, 4.69) is 35.3 Å². The fourth-order valence-corrected chi connectivity index (χ4v) is 3.43. The van der Waals surface area contributed by atoms with Gasteiger partial charge < -0.3 is 19.7 Å². The smallest absolute Gasteiger partial charge is 0.258 e. The van der Waals surface area contributed by atoms with Crippen LogP contribution in [0.5, 0.6) is 5.75 Å². The first-order valence-corrected chi connectivity index (χ1v) is 10.9. The van der Waals surface area contributed by atoms with Gasteiger partial charge in [-0.15, -0.1) is 5.10 Å². The number of thioether (sulfide) groups is 1. The van der Waals surface area contributed by atoms with Gasteiger partial charge in [-0.25, -0.2) is 4.98 Å². The molecule has 2 aromatic heterocycles. The number of morpholine rings is 1. The van der Waals surface area contributed by atoms with Crippen LogP contribution < -0.4 is 15.0 Å². The van der Waals surface area contributed by atoms with Crippen LogP contribution in [-0.2, 0) is 4.74 Å². The molecule has 0 atom stereocenters. The van der Waals surface area contributed by atoms with Crippen LogP contribution >= 0.6 is 11.8 Å². The van der Waals surface area contributed by atoms with Crippen molar-refractivity contribution in [2.24, 2.45) is 0 Å². The second kappa shape index (κ2) is 10.2. The van der Waals surface area contributed by atoms with Gasteiger partial charge in [-0.1, -0.05) is 30.0 Å². The van der Waals surface area contributed by atoms with Gasteiger partial charge in [0.1, 0.15) is 12.1 Å². The third-order valence-corrected chi connectivity index (χ3v) is 5.06. The van der Waals surface area contributed by atoms with Crippen LogP contribution in [-0.4, -0.2) is 74.9 Å². The molecule has 30 heavy (non-hydrogen) atoms. The lowest BCUT2D eigenvalue weighted by Gasteiger charge is -2.27. The summed E-state index contributed by atoms with van der Waals surface area (Å²) in [5, 5.41) is 8.30. The Morgan fingerprint density at radius 1 is 1.10 bits per heavy atom. The minimum atomic E-state index is 0.433. The number of aromatic nitrogens is 6. The summed E-state index contributed by atoms with van der Waals surface area (Å²) in [5.41, 5.74) is 0. The molecule has 1 aliphatic heterocycles. The van der Waals surface area contributed by atoms with Crippen molar-refractivity contribution >= 4 is 23.7 Å². The summed E-state index contributed by atoms with van der Waals surface area (Å²) in [4.78, 5) is 20.0. The lowest BCUT2D eigenvalue weighted by atomic mass is 10.3. The fraction of sp³-hybridized carbons (Fsp3) is 0.421. The Morgan fingerprint density at radius 3 is 2.70 bits per heavy atom. The maximum atomic E-state index is 5.70. The van der Waals surface area contributed by atoms with Crippen LogP contribution in [0.15, 0.2) is 41.8 Å². The van der Waals surface area contributed by atoms with Gasteiger partial charge in [0.25, 0.3) is 5.95 Å². The number of nitrogens with one attached hydrogen (secondary N) is 1. The number of benzene rings is 1. The van der Waals surface area contributed by atoms with Crippen LogP contribution in [0, 0.1) is 0 Å². The van der Waals surface area contributed by atoms with Crippen molar-refractivity contribution in [1.82, 2.24) is 29.7 Å². The second-order valence-electron chi connectivity index (χ2n) is 6.37. The summed E-state index contributed by atoms with van der Waals surface area (Å²) >= 11 is 1.52. The summed E-state index contributed by atoms with van der Waals surface area (Å²) in [6.45, 7) is 6.09. The fourth-order valence-electron chi connectivity index (χ4n) is 2.82. The molecule has 0 amide bonds. The summed E-state index contributed by atoms with van der Waals surface area (Å²) in [6.07, 6.45) is 1.62. The quantitative estimate of drug-likeness (QED) is 0.401. The average Bonchev–Trinajstić information content (AvgIpc) is 3.27. The largest absolute Gasteiger partial charge is 0.493 e. The number of hydrogen-bond donors (Lipinski definition) is 1. The van der Waals surface area contributed by atoms with Gasteiger partial charge in [0.15, 0.2) is 0 Å². The van der Waals surface area contributed by atoms with Crippen LogP contribution in [0.2, 0.25) is 0 Å². The first kappa shape index (κ1) is 20.4. The third-order valence-electron chi connectivity index (χ3n) is 4.24. The molecule has 3 aromatic rings. The van der Waals surface area contributed by atoms with E-state index in [9.17, 15) is 0 Å². The minimum absolute atomic E-state index is 0.433. The summed E-state index contributed by atoms with van der Waals surface area (Å²) < 4.78 is 12.7. The van der Waals surface area contributed by atoms with E-state index in [1.807, 2.05) is 37.3 Å². The van der Waals surface area contributed by atoms with E-state index in [4.69, 9.17) is 9.47 Å². The average molecular weight is 429 g/mol. The van der Waals surface area contributed by atoms with E-state index >= 15 is 0 Å². The number of hydrogen-bond acceptors (Lipinski definition) is 10.